The standard InChI is InChI=1S/C10H19NO/c1-5-12-11-9-6-8(7-9)10(2,3)4/h8H,5-7H2,1-4H3. The van der Waals surface area contributed by atoms with Gasteiger partial charge in [-0.1, -0.05) is 25.9 Å². The summed E-state index contributed by atoms with van der Waals surface area (Å²) in [6.45, 7) is 9.51. The molecule has 2 nitrogen and oxygen atoms in total. The van der Waals surface area contributed by atoms with Gasteiger partial charge < -0.3 is 4.84 Å². The summed E-state index contributed by atoms with van der Waals surface area (Å²) in [5.74, 6) is 0.803. The molecular formula is C10H19NO. The van der Waals surface area contributed by atoms with E-state index in [0.717, 1.165) is 18.8 Å². The van der Waals surface area contributed by atoms with Crippen molar-refractivity contribution >= 4 is 5.71 Å². The summed E-state index contributed by atoms with van der Waals surface area (Å²) >= 11 is 0. The van der Waals surface area contributed by atoms with Gasteiger partial charge in [-0.3, -0.25) is 0 Å². The highest BCUT2D eigenvalue weighted by molar-refractivity contribution is 5.89. The Labute approximate surface area is 75.0 Å². The van der Waals surface area contributed by atoms with Gasteiger partial charge >= 0.3 is 0 Å². The van der Waals surface area contributed by atoms with Gasteiger partial charge in [0.1, 0.15) is 6.61 Å². The van der Waals surface area contributed by atoms with E-state index >= 15 is 0 Å². The van der Waals surface area contributed by atoms with Crippen molar-refractivity contribution in [2.45, 2.75) is 40.5 Å². The van der Waals surface area contributed by atoms with Crippen molar-refractivity contribution in [3.05, 3.63) is 0 Å². The predicted molar refractivity (Wildman–Crippen MR) is 51.2 cm³/mol. The van der Waals surface area contributed by atoms with E-state index in [-0.39, 0.29) is 0 Å². The number of hydrogen-bond acceptors (Lipinski definition) is 2. The van der Waals surface area contributed by atoms with Gasteiger partial charge in [0, 0.05) is 0 Å². The molecule has 0 spiro atoms. The van der Waals surface area contributed by atoms with Crippen LogP contribution in [0.2, 0.25) is 0 Å². The molecule has 0 heterocycles. The second-order valence-corrected chi connectivity index (χ2v) is 4.55. The molecule has 0 radical (unpaired) electrons. The minimum Gasteiger partial charge on any atom is -0.396 e. The summed E-state index contributed by atoms with van der Waals surface area (Å²) in [6, 6.07) is 0. The Morgan fingerprint density at radius 1 is 1.42 bits per heavy atom. The summed E-state index contributed by atoms with van der Waals surface area (Å²) in [5.41, 5.74) is 1.67. The Bertz CT molecular complexity index is 171. The summed E-state index contributed by atoms with van der Waals surface area (Å²) in [4.78, 5) is 4.99. The molecule has 0 N–H and O–H groups in total. The number of rotatable bonds is 2. The van der Waals surface area contributed by atoms with Crippen LogP contribution in [0.3, 0.4) is 0 Å². The van der Waals surface area contributed by atoms with Crippen molar-refractivity contribution in [3.8, 4) is 0 Å². The molecule has 0 aliphatic heterocycles. The first kappa shape index (κ1) is 9.56. The van der Waals surface area contributed by atoms with Crippen LogP contribution in [0.25, 0.3) is 0 Å². The fourth-order valence-corrected chi connectivity index (χ4v) is 1.35. The number of nitrogens with zero attached hydrogens (tertiary/aromatic N) is 1. The van der Waals surface area contributed by atoms with Gasteiger partial charge in [0.15, 0.2) is 0 Å². The van der Waals surface area contributed by atoms with Gasteiger partial charge in [0.2, 0.25) is 0 Å². The van der Waals surface area contributed by atoms with E-state index in [4.69, 9.17) is 4.84 Å². The molecule has 0 aromatic rings. The van der Waals surface area contributed by atoms with Crippen molar-refractivity contribution in [1.82, 2.24) is 0 Å². The van der Waals surface area contributed by atoms with Crippen LogP contribution in [0.15, 0.2) is 5.16 Å². The summed E-state index contributed by atoms with van der Waals surface area (Å²) in [6.07, 6.45) is 2.26. The Morgan fingerprint density at radius 2 is 2.00 bits per heavy atom. The quantitative estimate of drug-likeness (QED) is 0.582. The highest BCUT2D eigenvalue weighted by Gasteiger charge is 2.34. The Kier molecular flexibility index (Phi) is 2.76. The van der Waals surface area contributed by atoms with Gasteiger partial charge in [0.05, 0.1) is 5.71 Å². The Hall–Kier alpha value is -0.530. The van der Waals surface area contributed by atoms with Crippen LogP contribution >= 0.6 is 0 Å². The molecule has 0 bridgehead atoms. The number of hydrogen-bond donors (Lipinski definition) is 0. The largest absolute Gasteiger partial charge is 0.396 e. The lowest BCUT2D eigenvalue weighted by molar-refractivity contribution is 0.146. The molecule has 0 atom stereocenters. The molecule has 1 rings (SSSR count). The molecular weight excluding hydrogens is 150 g/mol. The fraction of sp³-hybridized carbons (Fsp3) is 0.900. The van der Waals surface area contributed by atoms with Crippen molar-refractivity contribution in [2.24, 2.45) is 16.5 Å². The average molecular weight is 169 g/mol. The first-order valence-corrected chi connectivity index (χ1v) is 4.71. The van der Waals surface area contributed by atoms with Crippen molar-refractivity contribution in [1.29, 1.82) is 0 Å². The van der Waals surface area contributed by atoms with E-state index < -0.39 is 0 Å². The van der Waals surface area contributed by atoms with Crippen molar-refractivity contribution in [2.75, 3.05) is 6.61 Å². The van der Waals surface area contributed by atoms with E-state index in [1.807, 2.05) is 6.92 Å². The normalized spacial score (nSPS) is 23.3. The van der Waals surface area contributed by atoms with E-state index in [1.54, 1.807) is 0 Å². The summed E-state index contributed by atoms with van der Waals surface area (Å²) < 4.78 is 0. The zero-order chi connectivity index (χ0) is 9.19. The smallest absolute Gasteiger partial charge is 0.114 e. The van der Waals surface area contributed by atoms with Crippen LogP contribution in [-0.2, 0) is 4.84 Å². The third-order valence-electron chi connectivity index (χ3n) is 2.51. The van der Waals surface area contributed by atoms with Crippen LogP contribution < -0.4 is 0 Å². The zero-order valence-electron chi connectivity index (χ0n) is 8.55. The van der Waals surface area contributed by atoms with E-state index in [1.165, 1.54) is 5.71 Å². The highest BCUT2D eigenvalue weighted by atomic mass is 16.6. The maximum atomic E-state index is 4.99. The van der Waals surface area contributed by atoms with Gasteiger partial charge in [-0.2, -0.15) is 0 Å². The minimum absolute atomic E-state index is 0.436. The van der Waals surface area contributed by atoms with Crippen LogP contribution in [0.5, 0.6) is 0 Å². The molecule has 1 aliphatic carbocycles. The van der Waals surface area contributed by atoms with Crippen LogP contribution in [-0.4, -0.2) is 12.3 Å². The van der Waals surface area contributed by atoms with Crippen molar-refractivity contribution < 1.29 is 4.84 Å². The van der Waals surface area contributed by atoms with Crippen LogP contribution in [0.1, 0.15) is 40.5 Å². The molecule has 0 unspecified atom stereocenters. The monoisotopic (exact) mass is 169 g/mol. The third-order valence-corrected chi connectivity index (χ3v) is 2.51. The Morgan fingerprint density at radius 3 is 2.42 bits per heavy atom. The first-order chi connectivity index (χ1) is 5.54. The van der Waals surface area contributed by atoms with Gasteiger partial charge in [-0.15, -0.1) is 0 Å². The van der Waals surface area contributed by atoms with E-state index in [0.29, 0.717) is 12.0 Å². The second kappa shape index (κ2) is 3.46. The van der Waals surface area contributed by atoms with Gasteiger partial charge in [0.25, 0.3) is 0 Å². The summed E-state index contributed by atoms with van der Waals surface area (Å²) in [5, 5.41) is 4.03. The summed E-state index contributed by atoms with van der Waals surface area (Å²) in [7, 11) is 0. The highest BCUT2D eigenvalue weighted by Crippen LogP contribution is 2.39. The predicted octanol–water partition coefficient (Wildman–Crippen LogP) is 2.84. The molecule has 2 heteroatoms. The molecule has 70 valence electrons. The van der Waals surface area contributed by atoms with E-state index in [9.17, 15) is 0 Å². The van der Waals surface area contributed by atoms with Crippen molar-refractivity contribution in [3.63, 3.8) is 0 Å². The lowest BCUT2D eigenvalue weighted by Crippen LogP contribution is -2.34. The number of oxime groups is 1. The molecule has 12 heavy (non-hydrogen) atoms. The molecule has 0 saturated heterocycles. The molecule has 1 aliphatic rings. The lowest BCUT2D eigenvalue weighted by atomic mass is 9.67. The first-order valence-electron chi connectivity index (χ1n) is 4.71. The maximum Gasteiger partial charge on any atom is 0.114 e. The maximum absolute atomic E-state index is 4.99. The van der Waals surface area contributed by atoms with Gasteiger partial charge in [-0.25, -0.2) is 0 Å². The second-order valence-electron chi connectivity index (χ2n) is 4.55. The fourth-order valence-electron chi connectivity index (χ4n) is 1.35. The van der Waals surface area contributed by atoms with E-state index in [2.05, 4.69) is 25.9 Å². The molecule has 0 amide bonds. The SMILES string of the molecule is CCON=C1CC(C(C)(C)C)C1. The Balaban J connectivity index is 2.28. The molecule has 0 aromatic heterocycles. The molecule has 1 fully saturated rings. The average Bonchev–Trinajstić information content (AvgIpc) is 1.81. The third kappa shape index (κ3) is 2.23. The lowest BCUT2D eigenvalue weighted by Gasteiger charge is -2.38. The molecule has 0 aromatic carbocycles. The van der Waals surface area contributed by atoms with Crippen LogP contribution in [0, 0.1) is 11.3 Å². The zero-order valence-corrected chi connectivity index (χ0v) is 8.55. The minimum atomic E-state index is 0.436. The topological polar surface area (TPSA) is 21.6 Å². The molecule has 1 saturated carbocycles. The van der Waals surface area contributed by atoms with Gasteiger partial charge in [-0.05, 0) is 31.1 Å². The van der Waals surface area contributed by atoms with Crippen LogP contribution in [0.4, 0.5) is 0 Å².